The molecular formula is C18H16BrN5O2. The summed E-state index contributed by atoms with van der Waals surface area (Å²) in [6.45, 7) is 0. The molecule has 3 rings (SSSR count). The standard InChI is InChI=1S/C18H16BrN5O2/c1-26-18(25)11-2-6-13(7-3-11)23-16-15(20)17(22-10-21-16)24-14-8-4-12(19)5-9-14/h2-10H,20H2,1H3,(H2,21,22,23,24). The van der Waals surface area contributed by atoms with E-state index in [2.05, 4.69) is 41.3 Å². The Kier molecular flexibility index (Phi) is 5.33. The highest BCUT2D eigenvalue weighted by Gasteiger charge is 2.10. The minimum Gasteiger partial charge on any atom is -0.465 e. The molecule has 0 saturated carbocycles. The molecule has 0 aliphatic heterocycles. The maximum absolute atomic E-state index is 11.5. The van der Waals surface area contributed by atoms with Crippen LogP contribution in [-0.4, -0.2) is 23.0 Å². The Morgan fingerprint density at radius 3 is 1.96 bits per heavy atom. The van der Waals surface area contributed by atoms with Crippen molar-refractivity contribution in [3.63, 3.8) is 0 Å². The number of ether oxygens (including phenoxy) is 1. The van der Waals surface area contributed by atoms with Gasteiger partial charge in [-0.25, -0.2) is 14.8 Å². The molecule has 1 heterocycles. The number of hydrogen-bond acceptors (Lipinski definition) is 7. The average molecular weight is 414 g/mol. The van der Waals surface area contributed by atoms with Crippen molar-refractivity contribution >= 4 is 50.6 Å². The summed E-state index contributed by atoms with van der Waals surface area (Å²) in [6, 6.07) is 14.5. The molecule has 0 spiro atoms. The minimum absolute atomic E-state index is 0.382. The molecule has 0 atom stereocenters. The summed E-state index contributed by atoms with van der Waals surface area (Å²) in [5.41, 5.74) is 8.61. The van der Waals surface area contributed by atoms with Crippen LogP contribution in [0.3, 0.4) is 0 Å². The van der Waals surface area contributed by atoms with Gasteiger partial charge in [0.1, 0.15) is 12.0 Å². The summed E-state index contributed by atoms with van der Waals surface area (Å²) in [4.78, 5) is 19.8. The van der Waals surface area contributed by atoms with Crippen molar-refractivity contribution in [2.24, 2.45) is 0 Å². The fourth-order valence-corrected chi connectivity index (χ4v) is 2.47. The second-order valence-electron chi connectivity index (χ2n) is 5.31. The van der Waals surface area contributed by atoms with Crippen LogP contribution in [0.2, 0.25) is 0 Å². The molecule has 4 N–H and O–H groups in total. The molecule has 0 aliphatic carbocycles. The van der Waals surface area contributed by atoms with Gasteiger partial charge in [-0.2, -0.15) is 0 Å². The van der Waals surface area contributed by atoms with E-state index >= 15 is 0 Å². The smallest absolute Gasteiger partial charge is 0.337 e. The highest BCUT2D eigenvalue weighted by atomic mass is 79.9. The minimum atomic E-state index is -0.390. The topological polar surface area (TPSA) is 102 Å². The Labute approximate surface area is 158 Å². The second-order valence-corrected chi connectivity index (χ2v) is 6.23. The molecule has 132 valence electrons. The highest BCUT2D eigenvalue weighted by Crippen LogP contribution is 2.28. The van der Waals surface area contributed by atoms with Gasteiger partial charge in [-0.1, -0.05) is 15.9 Å². The number of aromatic nitrogens is 2. The molecule has 0 aliphatic rings. The lowest BCUT2D eigenvalue weighted by molar-refractivity contribution is 0.0601. The normalized spacial score (nSPS) is 10.2. The first-order valence-electron chi connectivity index (χ1n) is 7.65. The Morgan fingerprint density at radius 2 is 1.46 bits per heavy atom. The molecule has 0 bridgehead atoms. The molecule has 0 saturated heterocycles. The van der Waals surface area contributed by atoms with Crippen LogP contribution in [0.5, 0.6) is 0 Å². The zero-order valence-corrected chi connectivity index (χ0v) is 15.4. The van der Waals surface area contributed by atoms with Gasteiger partial charge in [0, 0.05) is 15.8 Å². The van der Waals surface area contributed by atoms with Crippen molar-refractivity contribution < 1.29 is 9.53 Å². The summed E-state index contributed by atoms with van der Waals surface area (Å²) < 4.78 is 5.66. The zero-order chi connectivity index (χ0) is 18.5. The van der Waals surface area contributed by atoms with Crippen LogP contribution in [0.4, 0.5) is 28.7 Å². The monoisotopic (exact) mass is 413 g/mol. The highest BCUT2D eigenvalue weighted by molar-refractivity contribution is 9.10. The van der Waals surface area contributed by atoms with Crippen molar-refractivity contribution in [1.29, 1.82) is 0 Å². The van der Waals surface area contributed by atoms with Crippen molar-refractivity contribution in [3.05, 3.63) is 64.9 Å². The van der Waals surface area contributed by atoms with Crippen LogP contribution < -0.4 is 16.4 Å². The van der Waals surface area contributed by atoms with Crippen molar-refractivity contribution in [1.82, 2.24) is 9.97 Å². The number of hydrogen-bond donors (Lipinski definition) is 3. The number of nitrogen functional groups attached to an aromatic ring is 1. The van der Waals surface area contributed by atoms with Gasteiger partial charge in [-0.05, 0) is 48.5 Å². The quantitative estimate of drug-likeness (QED) is 0.541. The molecule has 0 amide bonds. The number of nitrogens with zero attached hydrogens (tertiary/aromatic N) is 2. The van der Waals surface area contributed by atoms with E-state index in [1.807, 2.05) is 24.3 Å². The summed E-state index contributed by atoms with van der Waals surface area (Å²) >= 11 is 3.40. The summed E-state index contributed by atoms with van der Waals surface area (Å²) in [6.07, 6.45) is 1.42. The van der Waals surface area contributed by atoms with Crippen LogP contribution >= 0.6 is 15.9 Å². The number of nitrogens with two attached hydrogens (primary N) is 1. The van der Waals surface area contributed by atoms with E-state index in [9.17, 15) is 4.79 Å². The van der Waals surface area contributed by atoms with Crippen LogP contribution in [0.25, 0.3) is 0 Å². The number of halogens is 1. The van der Waals surface area contributed by atoms with Crippen LogP contribution in [-0.2, 0) is 4.74 Å². The van der Waals surface area contributed by atoms with Crippen molar-refractivity contribution in [2.75, 3.05) is 23.5 Å². The van der Waals surface area contributed by atoms with Gasteiger partial charge in [0.2, 0.25) is 0 Å². The van der Waals surface area contributed by atoms with E-state index in [0.717, 1.165) is 15.8 Å². The molecule has 3 aromatic rings. The summed E-state index contributed by atoms with van der Waals surface area (Å²) in [7, 11) is 1.34. The molecule has 0 unspecified atom stereocenters. The number of esters is 1. The fourth-order valence-electron chi connectivity index (χ4n) is 2.21. The summed E-state index contributed by atoms with van der Waals surface area (Å²) in [5.74, 6) is 0.570. The zero-order valence-electron chi connectivity index (χ0n) is 13.9. The molecule has 0 radical (unpaired) electrons. The number of rotatable bonds is 5. The van der Waals surface area contributed by atoms with Gasteiger partial charge in [0.05, 0.1) is 12.7 Å². The molecule has 1 aromatic heterocycles. The third-order valence-corrected chi connectivity index (χ3v) is 4.09. The fraction of sp³-hybridized carbons (Fsp3) is 0.0556. The number of carbonyl (C=O) groups is 1. The number of anilines is 5. The lowest BCUT2D eigenvalue weighted by Gasteiger charge is -2.13. The Balaban J connectivity index is 1.78. The van der Waals surface area contributed by atoms with Crippen molar-refractivity contribution in [3.8, 4) is 0 Å². The first-order valence-corrected chi connectivity index (χ1v) is 8.44. The second kappa shape index (κ2) is 7.83. The van der Waals surface area contributed by atoms with Gasteiger partial charge in [-0.15, -0.1) is 0 Å². The number of benzene rings is 2. The van der Waals surface area contributed by atoms with Gasteiger partial charge in [0.15, 0.2) is 11.6 Å². The first-order chi connectivity index (χ1) is 12.6. The lowest BCUT2D eigenvalue weighted by atomic mass is 10.2. The lowest BCUT2D eigenvalue weighted by Crippen LogP contribution is -2.05. The number of nitrogens with one attached hydrogen (secondary N) is 2. The molecule has 2 aromatic carbocycles. The van der Waals surface area contributed by atoms with E-state index in [1.54, 1.807) is 24.3 Å². The molecule has 7 nitrogen and oxygen atoms in total. The first kappa shape index (κ1) is 17.7. The third kappa shape index (κ3) is 4.09. The van der Waals surface area contributed by atoms with E-state index in [0.29, 0.717) is 22.9 Å². The van der Waals surface area contributed by atoms with E-state index in [1.165, 1.54) is 13.4 Å². The SMILES string of the molecule is COC(=O)c1ccc(Nc2ncnc(Nc3ccc(Br)cc3)c2N)cc1. The average Bonchev–Trinajstić information content (AvgIpc) is 2.66. The molecule has 8 heteroatoms. The maximum atomic E-state index is 11.5. The maximum Gasteiger partial charge on any atom is 0.337 e. The van der Waals surface area contributed by atoms with Crippen LogP contribution in [0, 0.1) is 0 Å². The van der Waals surface area contributed by atoms with Gasteiger partial charge in [-0.3, -0.25) is 0 Å². The van der Waals surface area contributed by atoms with Gasteiger partial charge < -0.3 is 21.1 Å². The van der Waals surface area contributed by atoms with E-state index in [-0.39, 0.29) is 5.97 Å². The third-order valence-electron chi connectivity index (χ3n) is 3.56. The predicted octanol–water partition coefficient (Wildman–Crippen LogP) is 4.10. The van der Waals surface area contributed by atoms with Crippen LogP contribution in [0.15, 0.2) is 59.3 Å². The molecular weight excluding hydrogens is 398 g/mol. The Morgan fingerprint density at radius 1 is 0.962 bits per heavy atom. The Hall–Kier alpha value is -3.13. The van der Waals surface area contributed by atoms with Gasteiger partial charge in [0.25, 0.3) is 0 Å². The summed E-state index contributed by atoms with van der Waals surface area (Å²) in [5, 5.41) is 6.28. The molecule has 0 fully saturated rings. The van der Waals surface area contributed by atoms with Crippen LogP contribution in [0.1, 0.15) is 10.4 Å². The number of carbonyl (C=O) groups excluding carboxylic acids is 1. The molecule has 26 heavy (non-hydrogen) atoms. The van der Waals surface area contributed by atoms with E-state index in [4.69, 9.17) is 5.73 Å². The largest absolute Gasteiger partial charge is 0.465 e. The van der Waals surface area contributed by atoms with Crippen molar-refractivity contribution in [2.45, 2.75) is 0 Å². The predicted molar refractivity (Wildman–Crippen MR) is 105 cm³/mol. The number of methoxy groups -OCH3 is 1. The Bertz CT molecular complexity index is 914. The van der Waals surface area contributed by atoms with E-state index < -0.39 is 0 Å². The van der Waals surface area contributed by atoms with Gasteiger partial charge >= 0.3 is 5.97 Å².